The molecule has 2 aromatic rings. The molecule has 0 aliphatic heterocycles. The molecule has 0 bridgehead atoms. The summed E-state index contributed by atoms with van der Waals surface area (Å²) in [4.78, 5) is 12.2. The molecular weight excluding hydrogens is 300 g/mol. The molecule has 0 radical (unpaired) electrons. The van der Waals surface area contributed by atoms with Crippen molar-refractivity contribution in [3.05, 3.63) is 82.4 Å². The van der Waals surface area contributed by atoms with Crippen molar-refractivity contribution >= 4 is 18.1 Å². The largest absolute Gasteiger partial charge is 0.449 e. The van der Waals surface area contributed by atoms with Gasteiger partial charge in [0.2, 0.25) is 0 Å². The molecule has 1 atom stereocenters. The van der Waals surface area contributed by atoms with E-state index in [9.17, 15) is 4.79 Å². The molecule has 24 heavy (non-hydrogen) atoms. The molecule has 3 nitrogen and oxygen atoms in total. The molecule has 0 spiro atoms. The summed E-state index contributed by atoms with van der Waals surface area (Å²) in [6.45, 7) is 5.89. The molecule has 0 N–H and O–H groups in total. The van der Waals surface area contributed by atoms with Gasteiger partial charge in [-0.25, -0.2) is 4.79 Å². The summed E-state index contributed by atoms with van der Waals surface area (Å²) in [5, 5.41) is 0. The molecule has 0 fully saturated rings. The molecule has 0 saturated carbocycles. The Kier molecular flexibility index (Phi) is 4.63. The van der Waals surface area contributed by atoms with E-state index in [-0.39, 0.29) is 5.97 Å². The van der Waals surface area contributed by atoms with Crippen molar-refractivity contribution in [3.63, 3.8) is 0 Å². The molecule has 1 unspecified atom stereocenters. The van der Waals surface area contributed by atoms with Gasteiger partial charge in [-0.1, -0.05) is 55.1 Å². The molecule has 1 aliphatic carbocycles. The number of methoxy groups -OCH3 is 1. The quantitative estimate of drug-likeness (QED) is 0.613. The van der Waals surface area contributed by atoms with Crippen molar-refractivity contribution in [2.24, 2.45) is 0 Å². The first-order valence-electron chi connectivity index (χ1n) is 7.85. The highest BCUT2D eigenvalue weighted by molar-refractivity contribution is 5.88. The van der Waals surface area contributed by atoms with E-state index >= 15 is 0 Å². The van der Waals surface area contributed by atoms with Gasteiger partial charge in [0.05, 0.1) is 6.61 Å². The van der Waals surface area contributed by atoms with Crippen LogP contribution in [0.5, 0.6) is 0 Å². The van der Waals surface area contributed by atoms with E-state index in [1.165, 1.54) is 0 Å². The third kappa shape index (κ3) is 3.17. The van der Waals surface area contributed by atoms with Crippen molar-refractivity contribution in [1.82, 2.24) is 0 Å². The number of benzene rings is 2. The zero-order valence-electron chi connectivity index (χ0n) is 13.9. The number of carbonyl (C=O) groups excluding carboxylic acids is 1. The number of hydrogen-bond donors (Lipinski definition) is 0. The van der Waals surface area contributed by atoms with Crippen molar-refractivity contribution in [2.45, 2.75) is 19.6 Å². The highest BCUT2D eigenvalue weighted by Crippen LogP contribution is 2.36. The van der Waals surface area contributed by atoms with Crippen LogP contribution in [0.15, 0.2) is 54.6 Å². The maximum absolute atomic E-state index is 12.2. The van der Waals surface area contributed by atoms with Crippen LogP contribution in [0.1, 0.15) is 40.8 Å². The van der Waals surface area contributed by atoms with E-state index in [4.69, 9.17) is 9.47 Å². The van der Waals surface area contributed by atoms with Crippen LogP contribution >= 0.6 is 0 Å². The lowest BCUT2D eigenvalue weighted by Crippen LogP contribution is -2.14. The maximum atomic E-state index is 12.2. The lowest BCUT2D eigenvalue weighted by molar-refractivity contribution is -0.142. The Bertz CT molecular complexity index is 818. The van der Waals surface area contributed by atoms with E-state index in [1.807, 2.05) is 36.4 Å². The van der Waals surface area contributed by atoms with Gasteiger partial charge in [-0.05, 0) is 29.7 Å². The Morgan fingerprint density at radius 2 is 1.79 bits per heavy atom. The van der Waals surface area contributed by atoms with Crippen molar-refractivity contribution in [1.29, 1.82) is 0 Å². The predicted molar refractivity (Wildman–Crippen MR) is 95.3 cm³/mol. The Balaban J connectivity index is 2.11. The minimum Gasteiger partial charge on any atom is -0.449 e. The van der Waals surface area contributed by atoms with Crippen LogP contribution in [-0.2, 0) is 20.9 Å². The zero-order valence-corrected chi connectivity index (χ0v) is 13.9. The Morgan fingerprint density at radius 3 is 2.54 bits per heavy atom. The number of ether oxygens (including phenoxy) is 2. The fourth-order valence-electron chi connectivity index (χ4n) is 2.85. The van der Waals surface area contributed by atoms with Gasteiger partial charge in [0.25, 0.3) is 0 Å². The molecular formula is C21H20O3. The van der Waals surface area contributed by atoms with Gasteiger partial charge in [-0.3, -0.25) is 0 Å². The predicted octanol–water partition coefficient (Wildman–Crippen LogP) is 4.53. The fraction of sp³-hybridized carbons (Fsp3) is 0.190. The summed E-state index contributed by atoms with van der Waals surface area (Å²) < 4.78 is 11.0. The van der Waals surface area contributed by atoms with Crippen molar-refractivity contribution in [2.75, 3.05) is 7.11 Å². The molecule has 0 amide bonds. The molecule has 3 rings (SSSR count). The first-order valence-corrected chi connectivity index (χ1v) is 7.85. The monoisotopic (exact) mass is 320 g/mol. The third-order valence-electron chi connectivity index (χ3n) is 4.04. The summed E-state index contributed by atoms with van der Waals surface area (Å²) >= 11 is 0. The minimum absolute atomic E-state index is 0.386. The number of carbonyl (C=O) groups is 1. The Hall–Kier alpha value is -2.65. The molecule has 3 heteroatoms. The smallest absolute Gasteiger partial charge is 0.334 e. The standard InChI is InChI=1S/C21H20O3/c1-14(2)21(22)24-20-18-7-5-4-6-16(18)9-10-17-12-15(13-23-3)8-11-19(17)20/h4-12,20H,1,13H2,2-3H3. The second-order valence-corrected chi connectivity index (χ2v) is 5.92. The van der Waals surface area contributed by atoms with Crippen LogP contribution in [0.3, 0.4) is 0 Å². The number of esters is 1. The van der Waals surface area contributed by atoms with Gasteiger partial charge < -0.3 is 9.47 Å². The van der Waals surface area contributed by atoms with Crippen LogP contribution in [0.25, 0.3) is 12.2 Å². The first kappa shape index (κ1) is 16.2. The first-order chi connectivity index (χ1) is 11.6. The van der Waals surface area contributed by atoms with Crippen molar-refractivity contribution in [3.8, 4) is 0 Å². The lowest BCUT2D eigenvalue weighted by atomic mass is 9.95. The van der Waals surface area contributed by atoms with E-state index in [1.54, 1.807) is 14.0 Å². The number of rotatable bonds is 4. The highest BCUT2D eigenvalue weighted by Gasteiger charge is 2.25. The zero-order chi connectivity index (χ0) is 17.1. The normalized spacial score (nSPS) is 15.2. The van der Waals surface area contributed by atoms with Gasteiger partial charge >= 0.3 is 5.97 Å². The van der Waals surface area contributed by atoms with Gasteiger partial charge in [-0.2, -0.15) is 0 Å². The van der Waals surface area contributed by atoms with Crippen LogP contribution in [-0.4, -0.2) is 13.1 Å². The van der Waals surface area contributed by atoms with Crippen LogP contribution < -0.4 is 0 Å². The molecule has 0 heterocycles. The van der Waals surface area contributed by atoms with E-state index < -0.39 is 6.10 Å². The molecule has 0 saturated heterocycles. The molecule has 2 aromatic carbocycles. The maximum Gasteiger partial charge on any atom is 0.334 e. The second kappa shape index (κ2) is 6.85. The van der Waals surface area contributed by atoms with E-state index in [0.29, 0.717) is 12.2 Å². The number of fused-ring (bicyclic) bond motifs is 2. The SMILES string of the molecule is C=C(C)C(=O)OC1c2ccccc2C=Cc2cc(COC)ccc21. The van der Waals surface area contributed by atoms with Crippen LogP contribution in [0, 0.1) is 0 Å². The highest BCUT2D eigenvalue weighted by atomic mass is 16.5. The fourth-order valence-corrected chi connectivity index (χ4v) is 2.85. The lowest BCUT2D eigenvalue weighted by Gasteiger charge is -2.21. The topological polar surface area (TPSA) is 35.5 Å². The van der Waals surface area contributed by atoms with Crippen LogP contribution in [0.4, 0.5) is 0 Å². The van der Waals surface area contributed by atoms with Gasteiger partial charge in [0.15, 0.2) is 6.10 Å². The summed E-state index contributed by atoms with van der Waals surface area (Å²) in [6, 6.07) is 14.0. The Morgan fingerprint density at radius 1 is 1.08 bits per heavy atom. The van der Waals surface area contributed by atoms with E-state index in [2.05, 4.69) is 24.8 Å². The molecule has 1 aliphatic rings. The summed E-state index contributed by atoms with van der Waals surface area (Å²) in [5.41, 5.74) is 5.48. The Labute approximate surface area is 142 Å². The summed E-state index contributed by atoms with van der Waals surface area (Å²) in [7, 11) is 1.68. The average Bonchev–Trinajstić information content (AvgIpc) is 2.73. The van der Waals surface area contributed by atoms with Crippen LogP contribution in [0.2, 0.25) is 0 Å². The average molecular weight is 320 g/mol. The molecule has 122 valence electrons. The van der Waals surface area contributed by atoms with Gasteiger partial charge in [0, 0.05) is 23.8 Å². The van der Waals surface area contributed by atoms with Crippen molar-refractivity contribution < 1.29 is 14.3 Å². The summed E-state index contributed by atoms with van der Waals surface area (Å²) in [6.07, 6.45) is 3.66. The number of hydrogen-bond acceptors (Lipinski definition) is 3. The van der Waals surface area contributed by atoms with E-state index in [0.717, 1.165) is 27.8 Å². The van der Waals surface area contributed by atoms with Gasteiger partial charge in [0.1, 0.15) is 0 Å². The summed E-state index contributed by atoms with van der Waals surface area (Å²) in [5.74, 6) is -0.386. The minimum atomic E-state index is -0.452. The molecule has 0 aromatic heterocycles. The van der Waals surface area contributed by atoms with Gasteiger partial charge in [-0.15, -0.1) is 0 Å². The third-order valence-corrected chi connectivity index (χ3v) is 4.04. The second-order valence-electron chi connectivity index (χ2n) is 5.92.